The Hall–Kier alpha value is -1.60. The molecule has 20 heavy (non-hydrogen) atoms. The number of aromatic nitrogens is 2. The predicted octanol–water partition coefficient (Wildman–Crippen LogP) is 3.67. The molecular formula is C13H12F3N3S. The highest BCUT2D eigenvalue weighted by Gasteiger charge is 2.30. The van der Waals surface area contributed by atoms with E-state index >= 15 is 0 Å². The monoisotopic (exact) mass is 299 g/mol. The number of alkyl halides is 3. The molecule has 3 nitrogen and oxygen atoms in total. The summed E-state index contributed by atoms with van der Waals surface area (Å²) >= 11 is 1.20. The molecule has 0 amide bonds. The zero-order valence-electron chi connectivity index (χ0n) is 10.6. The van der Waals surface area contributed by atoms with Crippen LogP contribution in [0.25, 0.3) is 0 Å². The van der Waals surface area contributed by atoms with E-state index in [-0.39, 0.29) is 6.04 Å². The lowest BCUT2D eigenvalue weighted by Crippen LogP contribution is -2.05. The van der Waals surface area contributed by atoms with Gasteiger partial charge in [0, 0.05) is 18.4 Å². The van der Waals surface area contributed by atoms with E-state index in [1.807, 2.05) is 13.0 Å². The first-order valence-electron chi connectivity index (χ1n) is 5.79. The van der Waals surface area contributed by atoms with E-state index in [4.69, 9.17) is 5.73 Å². The minimum atomic E-state index is -4.37. The standard InChI is InChI=1S/C13H12F3N3S/c1-8(17)9-2-4-11(18-6-9)20-12-5-3-10(7-19-12)13(14,15)16/h2-8H,17H2,1H3/t8-/m0/s1. The fourth-order valence-electron chi connectivity index (χ4n) is 1.44. The lowest BCUT2D eigenvalue weighted by molar-refractivity contribution is -0.137. The Morgan fingerprint density at radius 3 is 2.05 bits per heavy atom. The molecule has 7 heteroatoms. The van der Waals surface area contributed by atoms with Crippen molar-refractivity contribution in [3.8, 4) is 0 Å². The fourth-order valence-corrected chi connectivity index (χ4v) is 2.13. The van der Waals surface area contributed by atoms with Gasteiger partial charge in [0.15, 0.2) is 0 Å². The van der Waals surface area contributed by atoms with Crippen LogP contribution >= 0.6 is 11.8 Å². The van der Waals surface area contributed by atoms with E-state index in [1.165, 1.54) is 17.8 Å². The third kappa shape index (κ3) is 3.71. The van der Waals surface area contributed by atoms with Gasteiger partial charge in [-0.1, -0.05) is 17.8 Å². The molecule has 0 radical (unpaired) electrons. The molecule has 0 unspecified atom stereocenters. The molecule has 0 aliphatic rings. The fraction of sp³-hybridized carbons (Fsp3) is 0.231. The van der Waals surface area contributed by atoms with Crippen LogP contribution in [0.5, 0.6) is 0 Å². The highest BCUT2D eigenvalue weighted by molar-refractivity contribution is 7.99. The number of pyridine rings is 2. The second-order valence-corrected chi connectivity index (χ2v) is 5.24. The van der Waals surface area contributed by atoms with Crippen LogP contribution in [0.3, 0.4) is 0 Å². The van der Waals surface area contributed by atoms with Crippen LogP contribution in [0.2, 0.25) is 0 Å². The lowest BCUT2D eigenvalue weighted by atomic mass is 10.2. The van der Waals surface area contributed by atoms with Gasteiger partial charge in [-0.3, -0.25) is 0 Å². The SMILES string of the molecule is C[C@H](N)c1ccc(Sc2ccc(C(F)(F)F)cn2)nc1. The van der Waals surface area contributed by atoms with Crippen molar-refractivity contribution in [1.29, 1.82) is 0 Å². The molecule has 0 aliphatic heterocycles. The van der Waals surface area contributed by atoms with Crippen LogP contribution in [0.1, 0.15) is 24.1 Å². The van der Waals surface area contributed by atoms with E-state index in [2.05, 4.69) is 9.97 Å². The molecule has 0 saturated carbocycles. The predicted molar refractivity (Wildman–Crippen MR) is 70.2 cm³/mol. The molecule has 0 saturated heterocycles. The van der Waals surface area contributed by atoms with Crippen molar-refractivity contribution in [1.82, 2.24) is 9.97 Å². The summed E-state index contributed by atoms with van der Waals surface area (Å²) in [6.45, 7) is 1.85. The van der Waals surface area contributed by atoms with Gasteiger partial charge in [0.1, 0.15) is 10.1 Å². The molecule has 2 aromatic rings. The van der Waals surface area contributed by atoms with E-state index in [0.717, 1.165) is 17.8 Å². The highest BCUT2D eigenvalue weighted by atomic mass is 32.2. The highest BCUT2D eigenvalue weighted by Crippen LogP contribution is 2.31. The quantitative estimate of drug-likeness (QED) is 0.939. The number of hydrogen-bond donors (Lipinski definition) is 1. The second-order valence-electron chi connectivity index (χ2n) is 4.20. The third-order valence-corrected chi connectivity index (χ3v) is 3.46. The topological polar surface area (TPSA) is 51.8 Å². The summed E-state index contributed by atoms with van der Waals surface area (Å²) in [6, 6.07) is 5.83. The van der Waals surface area contributed by atoms with Crippen LogP contribution in [0.4, 0.5) is 13.2 Å². The molecule has 0 aliphatic carbocycles. The average molecular weight is 299 g/mol. The molecule has 106 valence electrons. The summed E-state index contributed by atoms with van der Waals surface area (Å²) in [7, 11) is 0. The van der Waals surface area contributed by atoms with Crippen LogP contribution in [0, 0.1) is 0 Å². The zero-order chi connectivity index (χ0) is 14.8. The molecule has 1 atom stereocenters. The Morgan fingerprint density at radius 1 is 1.05 bits per heavy atom. The zero-order valence-corrected chi connectivity index (χ0v) is 11.4. The van der Waals surface area contributed by atoms with Gasteiger partial charge in [0.05, 0.1) is 5.56 Å². The first-order chi connectivity index (χ1) is 9.36. The maximum absolute atomic E-state index is 12.4. The Bertz CT molecular complexity index is 565. The maximum atomic E-state index is 12.4. The van der Waals surface area contributed by atoms with Gasteiger partial charge >= 0.3 is 6.18 Å². The van der Waals surface area contributed by atoms with Crippen LogP contribution in [-0.2, 0) is 6.18 Å². The molecule has 0 aromatic carbocycles. The molecule has 0 fully saturated rings. The summed E-state index contributed by atoms with van der Waals surface area (Å²) in [4.78, 5) is 7.96. The second kappa shape index (κ2) is 5.80. The van der Waals surface area contributed by atoms with Gasteiger partial charge in [-0.25, -0.2) is 9.97 Å². The van der Waals surface area contributed by atoms with Gasteiger partial charge in [0.25, 0.3) is 0 Å². The van der Waals surface area contributed by atoms with Crippen LogP contribution < -0.4 is 5.73 Å². The van der Waals surface area contributed by atoms with Crippen molar-refractivity contribution >= 4 is 11.8 Å². The minimum Gasteiger partial charge on any atom is -0.324 e. The van der Waals surface area contributed by atoms with Crippen LogP contribution in [-0.4, -0.2) is 9.97 Å². The van der Waals surface area contributed by atoms with Gasteiger partial charge in [0.2, 0.25) is 0 Å². The molecule has 2 N–H and O–H groups in total. The Labute approximate surface area is 118 Å². The van der Waals surface area contributed by atoms with E-state index in [0.29, 0.717) is 10.1 Å². The summed E-state index contributed by atoms with van der Waals surface area (Å²) < 4.78 is 37.2. The first-order valence-corrected chi connectivity index (χ1v) is 6.60. The maximum Gasteiger partial charge on any atom is 0.417 e. The molecule has 0 bridgehead atoms. The molecular weight excluding hydrogens is 287 g/mol. The van der Waals surface area contributed by atoms with E-state index in [1.54, 1.807) is 12.3 Å². The number of nitrogens with two attached hydrogens (primary N) is 1. The number of halogens is 3. The number of rotatable bonds is 3. The van der Waals surface area contributed by atoms with Crippen molar-refractivity contribution in [3.63, 3.8) is 0 Å². The van der Waals surface area contributed by atoms with E-state index < -0.39 is 11.7 Å². The van der Waals surface area contributed by atoms with Gasteiger partial charge in [-0.15, -0.1) is 0 Å². The summed E-state index contributed by atoms with van der Waals surface area (Å²) in [5.41, 5.74) is 5.84. The van der Waals surface area contributed by atoms with Crippen molar-refractivity contribution in [2.75, 3.05) is 0 Å². The summed E-state index contributed by atoms with van der Waals surface area (Å²) in [6.07, 6.45) is -1.90. The minimum absolute atomic E-state index is 0.106. The largest absolute Gasteiger partial charge is 0.417 e. The normalized spacial score (nSPS) is 13.2. The smallest absolute Gasteiger partial charge is 0.324 e. The molecule has 0 spiro atoms. The van der Waals surface area contributed by atoms with Gasteiger partial charge < -0.3 is 5.73 Å². The van der Waals surface area contributed by atoms with Crippen molar-refractivity contribution in [2.24, 2.45) is 5.73 Å². The molecule has 2 rings (SSSR count). The lowest BCUT2D eigenvalue weighted by Gasteiger charge is -2.07. The number of nitrogens with zero attached hydrogens (tertiary/aromatic N) is 2. The van der Waals surface area contributed by atoms with E-state index in [9.17, 15) is 13.2 Å². The Balaban J connectivity index is 2.10. The summed E-state index contributed by atoms with van der Waals surface area (Å²) in [5.74, 6) is 0. The van der Waals surface area contributed by atoms with Gasteiger partial charge in [-0.2, -0.15) is 13.2 Å². The van der Waals surface area contributed by atoms with Crippen molar-refractivity contribution < 1.29 is 13.2 Å². The van der Waals surface area contributed by atoms with Crippen molar-refractivity contribution in [3.05, 3.63) is 47.8 Å². The Kier molecular flexibility index (Phi) is 4.29. The Morgan fingerprint density at radius 2 is 1.65 bits per heavy atom. The molecule has 2 aromatic heterocycles. The van der Waals surface area contributed by atoms with Crippen LogP contribution in [0.15, 0.2) is 46.7 Å². The average Bonchev–Trinajstić information content (AvgIpc) is 2.39. The van der Waals surface area contributed by atoms with Gasteiger partial charge in [-0.05, 0) is 30.7 Å². The number of hydrogen-bond acceptors (Lipinski definition) is 4. The van der Waals surface area contributed by atoms with Crippen molar-refractivity contribution in [2.45, 2.75) is 29.2 Å². The third-order valence-electron chi connectivity index (χ3n) is 2.56. The summed E-state index contributed by atoms with van der Waals surface area (Å²) in [5, 5.41) is 1.11. The first kappa shape index (κ1) is 14.8. The molecule has 2 heterocycles.